The summed E-state index contributed by atoms with van der Waals surface area (Å²) >= 11 is 0. The van der Waals surface area contributed by atoms with Crippen molar-refractivity contribution in [2.75, 3.05) is 5.43 Å². The van der Waals surface area contributed by atoms with Crippen molar-refractivity contribution in [2.45, 2.75) is 41.1 Å². The second-order valence-corrected chi connectivity index (χ2v) is 7.70. The Hall–Kier alpha value is -2.62. The SMILES string of the molecule is O=C(O)CCC(NNc1ccc(S(=O)(=O)C(F)(F)C(F)(F)C(F)(F)F)cc1)C(=O)O. The van der Waals surface area contributed by atoms with Crippen LogP contribution in [0.1, 0.15) is 12.8 Å². The smallest absolute Gasteiger partial charge is 0.461 e. The van der Waals surface area contributed by atoms with E-state index in [0.29, 0.717) is 24.3 Å². The van der Waals surface area contributed by atoms with Crippen LogP contribution in [0.5, 0.6) is 0 Å². The predicted molar refractivity (Wildman–Crippen MR) is 84.6 cm³/mol. The van der Waals surface area contributed by atoms with E-state index in [1.165, 1.54) is 0 Å². The molecule has 16 heteroatoms. The molecule has 0 aliphatic heterocycles. The molecule has 0 fully saturated rings. The van der Waals surface area contributed by atoms with Gasteiger partial charge >= 0.3 is 29.3 Å². The first-order valence-corrected chi connectivity index (χ1v) is 9.06. The lowest BCUT2D eigenvalue weighted by molar-refractivity contribution is -0.332. The molecule has 0 saturated heterocycles. The van der Waals surface area contributed by atoms with E-state index in [2.05, 4.69) is 10.9 Å². The van der Waals surface area contributed by atoms with Gasteiger partial charge < -0.3 is 15.6 Å². The van der Waals surface area contributed by atoms with Crippen LogP contribution in [0.15, 0.2) is 29.2 Å². The Labute approximate surface area is 163 Å². The van der Waals surface area contributed by atoms with Gasteiger partial charge in [0.1, 0.15) is 6.04 Å². The van der Waals surface area contributed by atoms with Crippen molar-refractivity contribution in [3.05, 3.63) is 24.3 Å². The summed E-state index contributed by atoms with van der Waals surface area (Å²) in [7, 11) is -6.47. The predicted octanol–water partition coefficient (Wildman–Crippen LogP) is 2.49. The molecule has 1 rings (SSSR count). The lowest BCUT2D eigenvalue weighted by Crippen LogP contribution is -2.55. The number of carboxylic acid groups (broad SMARTS) is 2. The van der Waals surface area contributed by atoms with Crippen LogP contribution in [0.4, 0.5) is 36.4 Å². The van der Waals surface area contributed by atoms with Gasteiger partial charge in [-0.05, 0) is 30.7 Å². The number of nitrogens with one attached hydrogen (secondary N) is 2. The largest absolute Gasteiger partial charge is 0.481 e. The lowest BCUT2D eigenvalue weighted by atomic mass is 10.2. The third kappa shape index (κ3) is 5.10. The standard InChI is InChI=1S/C14H13F7N2O6S/c15-12(16,13(17,18)19)14(20,21)30(28,29)8-3-1-7(2-4-8)22-23-9(11(26)27)5-6-10(24)25/h1-4,9,22-23H,5-6H2,(H,24,25)(H,26,27). The van der Waals surface area contributed by atoms with E-state index in [1.54, 1.807) is 0 Å². The van der Waals surface area contributed by atoms with Gasteiger partial charge in [0.25, 0.3) is 0 Å². The van der Waals surface area contributed by atoms with E-state index in [9.17, 15) is 48.7 Å². The Kier molecular flexibility index (Phi) is 7.31. The average Bonchev–Trinajstić information content (AvgIpc) is 2.60. The molecule has 1 aromatic rings. The molecule has 0 spiro atoms. The molecular weight excluding hydrogens is 457 g/mol. The number of carboxylic acids is 2. The van der Waals surface area contributed by atoms with Crippen molar-refractivity contribution >= 4 is 27.5 Å². The molecule has 170 valence electrons. The van der Waals surface area contributed by atoms with Gasteiger partial charge in [0.2, 0.25) is 9.84 Å². The molecule has 0 heterocycles. The molecule has 4 N–H and O–H groups in total. The van der Waals surface area contributed by atoms with Crippen LogP contribution in [-0.2, 0) is 19.4 Å². The van der Waals surface area contributed by atoms with Gasteiger partial charge in [0.15, 0.2) is 0 Å². The van der Waals surface area contributed by atoms with Crippen molar-refractivity contribution in [1.29, 1.82) is 0 Å². The molecule has 0 aliphatic rings. The Balaban J connectivity index is 3.03. The second-order valence-electron chi connectivity index (χ2n) is 5.71. The summed E-state index contributed by atoms with van der Waals surface area (Å²) in [4.78, 5) is 19.9. The summed E-state index contributed by atoms with van der Waals surface area (Å²) in [6.45, 7) is 0. The van der Waals surface area contributed by atoms with Crippen LogP contribution in [0.25, 0.3) is 0 Å². The fourth-order valence-electron chi connectivity index (χ4n) is 1.89. The number of hydrogen-bond donors (Lipinski definition) is 4. The summed E-state index contributed by atoms with van der Waals surface area (Å²) < 4.78 is 113. The molecule has 0 amide bonds. The third-order valence-corrected chi connectivity index (χ3v) is 5.38. The van der Waals surface area contributed by atoms with Gasteiger partial charge in [-0.1, -0.05) is 0 Å². The summed E-state index contributed by atoms with van der Waals surface area (Å²) in [5, 5.41) is 10.9. The van der Waals surface area contributed by atoms with E-state index in [1.807, 2.05) is 0 Å². The normalized spacial score (nSPS) is 14.2. The molecular formula is C14H13F7N2O6S. The molecule has 0 aromatic heterocycles. The highest BCUT2D eigenvalue weighted by Gasteiger charge is 2.78. The van der Waals surface area contributed by atoms with E-state index in [-0.39, 0.29) is 12.1 Å². The average molecular weight is 470 g/mol. The van der Waals surface area contributed by atoms with Gasteiger partial charge in [-0.25, -0.2) is 13.8 Å². The van der Waals surface area contributed by atoms with E-state index in [0.717, 1.165) is 0 Å². The quantitative estimate of drug-likeness (QED) is 0.303. The molecule has 1 aromatic carbocycles. The molecule has 0 radical (unpaired) electrons. The summed E-state index contributed by atoms with van der Waals surface area (Å²) in [6.07, 6.45) is -7.76. The molecule has 0 aliphatic carbocycles. The van der Waals surface area contributed by atoms with Crippen LogP contribution in [0.3, 0.4) is 0 Å². The number of halogens is 7. The minimum Gasteiger partial charge on any atom is -0.481 e. The first-order valence-electron chi connectivity index (χ1n) is 7.58. The van der Waals surface area contributed by atoms with Gasteiger partial charge in [0, 0.05) is 12.1 Å². The van der Waals surface area contributed by atoms with Crippen LogP contribution >= 0.6 is 0 Å². The summed E-state index contributed by atoms with van der Waals surface area (Å²) in [6, 6.07) is 0.508. The van der Waals surface area contributed by atoms with E-state index >= 15 is 0 Å². The highest BCUT2D eigenvalue weighted by molar-refractivity contribution is 7.92. The van der Waals surface area contributed by atoms with Crippen LogP contribution < -0.4 is 10.9 Å². The number of hydrazine groups is 1. The number of aliphatic carboxylic acids is 2. The van der Waals surface area contributed by atoms with Crippen molar-refractivity contribution in [1.82, 2.24) is 5.43 Å². The second kappa shape index (κ2) is 8.63. The van der Waals surface area contributed by atoms with Gasteiger partial charge in [0.05, 0.1) is 4.90 Å². The highest BCUT2D eigenvalue weighted by Crippen LogP contribution is 2.50. The van der Waals surface area contributed by atoms with Crippen molar-refractivity contribution in [3.8, 4) is 0 Å². The number of sulfone groups is 1. The van der Waals surface area contributed by atoms with E-state index < -0.39 is 56.5 Å². The highest BCUT2D eigenvalue weighted by atomic mass is 32.2. The monoisotopic (exact) mass is 470 g/mol. The van der Waals surface area contributed by atoms with Gasteiger partial charge in [-0.3, -0.25) is 9.59 Å². The fraction of sp³-hybridized carbons (Fsp3) is 0.429. The Morgan fingerprint density at radius 1 is 0.967 bits per heavy atom. The number of carbonyl (C=O) groups is 2. The Morgan fingerprint density at radius 2 is 1.47 bits per heavy atom. The third-order valence-electron chi connectivity index (χ3n) is 3.56. The minimum absolute atomic E-state index is 0.193. The fourth-order valence-corrected chi connectivity index (χ4v) is 3.14. The van der Waals surface area contributed by atoms with Crippen molar-refractivity contribution in [3.63, 3.8) is 0 Å². The van der Waals surface area contributed by atoms with Crippen molar-refractivity contribution < 1.29 is 59.0 Å². The van der Waals surface area contributed by atoms with Gasteiger partial charge in [-0.2, -0.15) is 30.7 Å². The topological polar surface area (TPSA) is 133 Å². The molecule has 1 unspecified atom stereocenters. The lowest BCUT2D eigenvalue weighted by Gasteiger charge is -2.27. The number of alkyl halides is 7. The molecule has 30 heavy (non-hydrogen) atoms. The zero-order chi connectivity index (χ0) is 23.5. The maximum atomic E-state index is 13.6. The maximum absolute atomic E-state index is 13.6. The summed E-state index contributed by atoms with van der Waals surface area (Å²) in [5.41, 5.74) is 4.14. The van der Waals surface area contributed by atoms with Crippen LogP contribution in [0, 0.1) is 0 Å². The minimum atomic E-state index is -6.86. The number of benzene rings is 1. The Morgan fingerprint density at radius 3 is 1.87 bits per heavy atom. The number of rotatable bonds is 10. The number of hydrogen-bond acceptors (Lipinski definition) is 6. The first-order chi connectivity index (χ1) is 13.4. The van der Waals surface area contributed by atoms with Gasteiger partial charge in [-0.15, -0.1) is 0 Å². The molecule has 0 saturated carbocycles. The van der Waals surface area contributed by atoms with Crippen molar-refractivity contribution in [2.24, 2.45) is 0 Å². The zero-order valence-electron chi connectivity index (χ0n) is 14.4. The molecule has 8 nitrogen and oxygen atoms in total. The maximum Gasteiger partial charge on any atom is 0.461 e. The molecule has 1 atom stereocenters. The van der Waals surface area contributed by atoms with Crippen LogP contribution in [0.2, 0.25) is 0 Å². The molecule has 0 bridgehead atoms. The Bertz CT molecular complexity index is 887. The zero-order valence-corrected chi connectivity index (χ0v) is 15.2. The summed E-state index contributed by atoms with van der Waals surface area (Å²) in [5.74, 6) is -9.64. The van der Waals surface area contributed by atoms with Crippen LogP contribution in [-0.4, -0.2) is 54.0 Å². The van der Waals surface area contributed by atoms with E-state index in [4.69, 9.17) is 10.2 Å². The first kappa shape index (κ1) is 25.4. The number of anilines is 1.